The van der Waals surface area contributed by atoms with Crippen LogP contribution in [0.5, 0.6) is 0 Å². The van der Waals surface area contributed by atoms with Crippen LogP contribution in [0.1, 0.15) is 48.7 Å². The van der Waals surface area contributed by atoms with Crippen LogP contribution in [0.3, 0.4) is 0 Å². The molecule has 1 aromatic heterocycles. The number of hydrogen-bond donors (Lipinski definition) is 1. The van der Waals surface area contributed by atoms with Crippen LogP contribution in [0.15, 0.2) is 5.38 Å². The van der Waals surface area contributed by atoms with Gasteiger partial charge in [-0.15, -0.1) is 11.3 Å². The van der Waals surface area contributed by atoms with Crippen LogP contribution in [-0.4, -0.2) is 53.4 Å². The van der Waals surface area contributed by atoms with Crippen molar-refractivity contribution in [2.24, 2.45) is 11.7 Å². The third kappa shape index (κ3) is 4.49. The van der Waals surface area contributed by atoms with Gasteiger partial charge in [0.15, 0.2) is 0 Å². The van der Waals surface area contributed by atoms with Gasteiger partial charge in [-0.2, -0.15) is 0 Å². The van der Waals surface area contributed by atoms with E-state index in [2.05, 4.69) is 23.7 Å². The summed E-state index contributed by atoms with van der Waals surface area (Å²) in [5.74, 6) is 0.776. The number of nitrogens with zero attached hydrogens (tertiary/aromatic N) is 3. The van der Waals surface area contributed by atoms with Crippen molar-refractivity contribution in [2.75, 3.05) is 32.7 Å². The highest BCUT2D eigenvalue weighted by Gasteiger charge is 2.24. The van der Waals surface area contributed by atoms with Crippen LogP contribution in [0.25, 0.3) is 0 Å². The van der Waals surface area contributed by atoms with Gasteiger partial charge in [0.25, 0.3) is 5.91 Å². The molecule has 1 atom stereocenters. The minimum Gasteiger partial charge on any atom is -0.335 e. The van der Waals surface area contributed by atoms with Crippen molar-refractivity contribution in [1.29, 1.82) is 0 Å². The molecule has 0 aliphatic carbocycles. The van der Waals surface area contributed by atoms with Crippen LogP contribution in [0.4, 0.5) is 0 Å². The summed E-state index contributed by atoms with van der Waals surface area (Å²) in [4.78, 5) is 21.1. The molecule has 5 nitrogen and oxygen atoms in total. The maximum absolute atomic E-state index is 12.4. The first kappa shape index (κ1) is 16.4. The molecule has 0 saturated carbocycles. The highest BCUT2D eigenvalue weighted by molar-refractivity contribution is 7.09. The van der Waals surface area contributed by atoms with Crippen LogP contribution >= 0.6 is 11.3 Å². The Balaban J connectivity index is 1.85. The molecule has 1 fully saturated rings. The molecule has 0 radical (unpaired) electrons. The number of carbonyl (C=O) groups excluding carboxylic acids is 1. The van der Waals surface area contributed by atoms with Crippen LogP contribution < -0.4 is 5.73 Å². The van der Waals surface area contributed by atoms with Gasteiger partial charge in [-0.25, -0.2) is 4.98 Å². The fourth-order valence-electron chi connectivity index (χ4n) is 2.37. The Kier molecular flexibility index (Phi) is 5.72. The zero-order chi connectivity index (χ0) is 15.4. The van der Waals surface area contributed by atoms with Crippen molar-refractivity contribution in [3.63, 3.8) is 0 Å². The second-order valence-electron chi connectivity index (χ2n) is 6.18. The number of piperazine rings is 1. The molecule has 1 aromatic rings. The lowest BCUT2D eigenvalue weighted by molar-refractivity contribution is 0.0626. The quantitative estimate of drug-likeness (QED) is 0.903. The second kappa shape index (κ2) is 7.33. The molecule has 118 valence electrons. The van der Waals surface area contributed by atoms with Gasteiger partial charge in [0.1, 0.15) is 10.7 Å². The summed E-state index contributed by atoms with van der Waals surface area (Å²) in [6, 6.07) is -0.107. The molecule has 0 spiro atoms. The van der Waals surface area contributed by atoms with Gasteiger partial charge < -0.3 is 10.6 Å². The molecule has 0 aromatic carbocycles. The lowest BCUT2D eigenvalue weighted by Gasteiger charge is -2.34. The predicted molar refractivity (Wildman–Crippen MR) is 86.5 cm³/mol. The molecule has 1 amide bonds. The zero-order valence-corrected chi connectivity index (χ0v) is 14.0. The fraction of sp³-hybridized carbons (Fsp3) is 0.733. The largest absolute Gasteiger partial charge is 0.335 e. The second-order valence-corrected chi connectivity index (χ2v) is 7.07. The Morgan fingerprint density at radius 3 is 2.52 bits per heavy atom. The van der Waals surface area contributed by atoms with E-state index in [4.69, 9.17) is 5.73 Å². The third-order valence-corrected chi connectivity index (χ3v) is 4.86. The van der Waals surface area contributed by atoms with E-state index in [1.54, 1.807) is 0 Å². The van der Waals surface area contributed by atoms with E-state index in [9.17, 15) is 4.79 Å². The Labute approximate surface area is 131 Å². The molecule has 1 aliphatic rings. The number of thiazole rings is 1. The summed E-state index contributed by atoms with van der Waals surface area (Å²) >= 11 is 1.47. The fourth-order valence-corrected chi connectivity index (χ4v) is 3.12. The topological polar surface area (TPSA) is 62.5 Å². The van der Waals surface area contributed by atoms with E-state index in [0.29, 0.717) is 5.69 Å². The summed E-state index contributed by atoms with van der Waals surface area (Å²) in [5, 5.41) is 2.65. The monoisotopic (exact) mass is 310 g/mol. The average molecular weight is 310 g/mol. The molecule has 6 heteroatoms. The molecule has 1 saturated heterocycles. The van der Waals surface area contributed by atoms with Crippen LogP contribution in [0, 0.1) is 5.92 Å². The van der Waals surface area contributed by atoms with Crippen molar-refractivity contribution >= 4 is 17.2 Å². The van der Waals surface area contributed by atoms with Crippen molar-refractivity contribution in [3.05, 3.63) is 16.1 Å². The standard InChI is InChI=1S/C15H26N4OS/c1-11(2)4-5-18-6-8-19(9-7-18)15(20)13-10-21-14(17-13)12(3)16/h10-12H,4-9,16H2,1-3H3. The number of hydrogen-bond acceptors (Lipinski definition) is 5. The van der Waals surface area contributed by atoms with E-state index in [1.807, 2.05) is 17.2 Å². The van der Waals surface area contributed by atoms with Crippen molar-refractivity contribution in [1.82, 2.24) is 14.8 Å². The summed E-state index contributed by atoms with van der Waals surface area (Å²) in [5.41, 5.74) is 6.34. The Morgan fingerprint density at radius 1 is 1.33 bits per heavy atom. The Hall–Kier alpha value is -0.980. The normalized spacial score (nSPS) is 18.2. The van der Waals surface area contributed by atoms with Crippen LogP contribution in [-0.2, 0) is 0 Å². The average Bonchev–Trinajstić information content (AvgIpc) is 2.95. The summed E-state index contributed by atoms with van der Waals surface area (Å²) in [7, 11) is 0. The predicted octanol–water partition coefficient (Wildman–Crippen LogP) is 1.97. The molecular formula is C15H26N4OS. The van der Waals surface area contributed by atoms with E-state index in [-0.39, 0.29) is 11.9 Å². The molecule has 1 aliphatic heterocycles. The smallest absolute Gasteiger partial charge is 0.273 e. The zero-order valence-electron chi connectivity index (χ0n) is 13.2. The van der Waals surface area contributed by atoms with Gasteiger partial charge in [-0.05, 0) is 25.8 Å². The number of amides is 1. The van der Waals surface area contributed by atoms with E-state index >= 15 is 0 Å². The van der Waals surface area contributed by atoms with Gasteiger partial charge in [-0.1, -0.05) is 13.8 Å². The van der Waals surface area contributed by atoms with E-state index in [0.717, 1.165) is 43.6 Å². The Bertz CT molecular complexity index is 464. The van der Waals surface area contributed by atoms with Gasteiger partial charge >= 0.3 is 0 Å². The van der Waals surface area contributed by atoms with Crippen molar-refractivity contribution in [3.8, 4) is 0 Å². The molecule has 0 bridgehead atoms. The van der Waals surface area contributed by atoms with Gasteiger partial charge in [0, 0.05) is 31.6 Å². The number of aromatic nitrogens is 1. The van der Waals surface area contributed by atoms with Crippen molar-refractivity contribution < 1.29 is 4.79 Å². The molecule has 2 N–H and O–H groups in total. The minimum absolute atomic E-state index is 0.0432. The molecule has 2 rings (SSSR count). The summed E-state index contributed by atoms with van der Waals surface area (Å²) < 4.78 is 0. The maximum Gasteiger partial charge on any atom is 0.273 e. The minimum atomic E-state index is -0.107. The number of nitrogens with two attached hydrogens (primary N) is 1. The highest BCUT2D eigenvalue weighted by atomic mass is 32.1. The van der Waals surface area contributed by atoms with Gasteiger partial charge in [-0.3, -0.25) is 9.69 Å². The Morgan fingerprint density at radius 2 is 2.00 bits per heavy atom. The lowest BCUT2D eigenvalue weighted by Crippen LogP contribution is -2.49. The molecule has 21 heavy (non-hydrogen) atoms. The molecule has 2 heterocycles. The summed E-state index contributed by atoms with van der Waals surface area (Å²) in [6.45, 7) is 11.0. The first-order chi connectivity index (χ1) is 9.97. The number of rotatable bonds is 5. The molecular weight excluding hydrogens is 284 g/mol. The van der Waals surface area contributed by atoms with Crippen LogP contribution in [0.2, 0.25) is 0 Å². The molecule has 1 unspecified atom stereocenters. The lowest BCUT2D eigenvalue weighted by atomic mass is 10.1. The SMILES string of the molecule is CC(C)CCN1CCN(C(=O)c2csc(C(C)N)n2)CC1. The third-order valence-electron chi connectivity index (χ3n) is 3.81. The highest BCUT2D eigenvalue weighted by Crippen LogP contribution is 2.18. The van der Waals surface area contributed by atoms with Gasteiger partial charge in [0.05, 0.1) is 6.04 Å². The first-order valence-corrected chi connectivity index (χ1v) is 8.58. The summed E-state index contributed by atoms with van der Waals surface area (Å²) in [6.07, 6.45) is 1.22. The van der Waals surface area contributed by atoms with E-state index in [1.165, 1.54) is 17.8 Å². The van der Waals surface area contributed by atoms with E-state index < -0.39 is 0 Å². The first-order valence-electron chi connectivity index (χ1n) is 7.70. The number of carbonyl (C=O) groups is 1. The van der Waals surface area contributed by atoms with Crippen molar-refractivity contribution in [2.45, 2.75) is 33.2 Å². The maximum atomic E-state index is 12.4. The van der Waals surface area contributed by atoms with Gasteiger partial charge in [0.2, 0.25) is 0 Å².